The molecule has 2 rings (SSSR count). The zero-order valence-electron chi connectivity index (χ0n) is 6.87. The summed E-state index contributed by atoms with van der Waals surface area (Å²) in [5.74, 6) is 0. The molecular formula is C8H8ClN3. The highest BCUT2D eigenvalue weighted by molar-refractivity contribution is 6.35. The monoisotopic (exact) mass is 181 g/mol. The van der Waals surface area contributed by atoms with E-state index in [1.165, 1.54) is 0 Å². The molecule has 0 fully saturated rings. The summed E-state index contributed by atoms with van der Waals surface area (Å²) in [6.45, 7) is 1.93. The maximum atomic E-state index is 5.98. The van der Waals surface area contributed by atoms with Crippen LogP contribution in [0.3, 0.4) is 0 Å². The van der Waals surface area contributed by atoms with E-state index in [1.54, 1.807) is 6.33 Å². The Morgan fingerprint density at radius 3 is 2.83 bits per heavy atom. The predicted molar refractivity (Wildman–Crippen MR) is 48.3 cm³/mol. The van der Waals surface area contributed by atoms with Crippen LogP contribution in [0.1, 0.15) is 5.69 Å². The van der Waals surface area contributed by atoms with Gasteiger partial charge in [0.05, 0.1) is 16.1 Å². The summed E-state index contributed by atoms with van der Waals surface area (Å²) in [7, 11) is 1.92. The molecule has 0 saturated heterocycles. The summed E-state index contributed by atoms with van der Waals surface area (Å²) >= 11 is 5.98. The van der Waals surface area contributed by atoms with Gasteiger partial charge in [0.25, 0.3) is 0 Å². The summed E-state index contributed by atoms with van der Waals surface area (Å²) in [5, 5.41) is 1.66. The average Bonchev–Trinajstić information content (AvgIpc) is 2.29. The zero-order valence-corrected chi connectivity index (χ0v) is 7.63. The second-order valence-electron chi connectivity index (χ2n) is 2.75. The predicted octanol–water partition coefficient (Wildman–Crippen LogP) is 1.93. The van der Waals surface area contributed by atoms with Crippen LogP contribution >= 0.6 is 11.6 Å². The van der Waals surface area contributed by atoms with Crippen molar-refractivity contribution < 1.29 is 0 Å². The largest absolute Gasteiger partial charge is 0.334 e. The fourth-order valence-corrected chi connectivity index (χ4v) is 1.67. The van der Waals surface area contributed by atoms with Crippen LogP contribution in [0.2, 0.25) is 5.02 Å². The second kappa shape index (κ2) is 2.45. The Morgan fingerprint density at radius 1 is 1.42 bits per heavy atom. The van der Waals surface area contributed by atoms with Crippen molar-refractivity contribution in [1.82, 2.24) is 14.5 Å². The number of fused-ring (bicyclic) bond motifs is 1. The SMILES string of the molecule is Cc1ncnc2c1c(Cl)cn2C. The molecule has 62 valence electrons. The van der Waals surface area contributed by atoms with Crippen molar-refractivity contribution in [2.45, 2.75) is 6.92 Å². The van der Waals surface area contributed by atoms with Gasteiger partial charge in [-0.1, -0.05) is 11.6 Å². The van der Waals surface area contributed by atoms with Gasteiger partial charge in [-0.25, -0.2) is 9.97 Å². The van der Waals surface area contributed by atoms with Gasteiger partial charge in [0, 0.05) is 13.2 Å². The fourth-order valence-electron chi connectivity index (χ4n) is 1.30. The van der Waals surface area contributed by atoms with Gasteiger partial charge in [-0.2, -0.15) is 0 Å². The first-order valence-electron chi connectivity index (χ1n) is 3.62. The van der Waals surface area contributed by atoms with E-state index in [0.717, 1.165) is 16.7 Å². The molecule has 0 aliphatic rings. The molecule has 2 aromatic rings. The molecule has 0 radical (unpaired) electrons. The summed E-state index contributed by atoms with van der Waals surface area (Å²) in [6, 6.07) is 0. The Bertz CT molecular complexity index is 433. The topological polar surface area (TPSA) is 30.7 Å². The van der Waals surface area contributed by atoms with Crippen LogP contribution in [0.15, 0.2) is 12.5 Å². The zero-order chi connectivity index (χ0) is 8.72. The van der Waals surface area contributed by atoms with Gasteiger partial charge in [-0.15, -0.1) is 0 Å². The summed E-state index contributed by atoms with van der Waals surface area (Å²) in [4.78, 5) is 8.20. The van der Waals surface area contributed by atoms with Crippen LogP contribution in [0.25, 0.3) is 11.0 Å². The number of hydrogen-bond donors (Lipinski definition) is 0. The molecule has 2 aromatic heterocycles. The average molecular weight is 182 g/mol. The van der Waals surface area contributed by atoms with Crippen molar-refractivity contribution in [2.75, 3.05) is 0 Å². The Hall–Kier alpha value is -1.09. The third kappa shape index (κ3) is 0.898. The summed E-state index contributed by atoms with van der Waals surface area (Å²) < 4.78 is 1.90. The Labute approximate surface area is 75.0 Å². The van der Waals surface area contributed by atoms with E-state index < -0.39 is 0 Å². The number of hydrogen-bond acceptors (Lipinski definition) is 2. The van der Waals surface area contributed by atoms with Gasteiger partial charge in [-0.3, -0.25) is 0 Å². The summed E-state index contributed by atoms with van der Waals surface area (Å²) in [6.07, 6.45) is 3.39. The molecule has 2 heterocycles. The number of nitrogens with zero attached hydrogens (tertiary/aromatic N) is 3. The molecule has 0 unspecified atom stereocenters. The first-order valence-corrected chi connectivity index (χ1v) is 4.00. The first kappa shape index (κ1) is 7.55. The second-order valence-corrected chi connectivity index (χ2v) is 3.15. The van der Waals surface area contributed by atoms with Crippen molar-refractivity contribution in [1.29, 1.82) is 0 Å². The molecule has 0 aliphatic heterocycles. The minimum Gasteiger partial charge on any atom is -0.334 e. The van der Waals surface area contributed by atoms with Crippen molar-refractivity contribution in [2.24, 2.45) is 7.05 Å². The minimum atomic E-state index is 0.714. The number of rotatable bonds is 0. The Balaban J connectivity index is 2.99. The molecule has 0 bridgehead atoms. The van der Waals surface area contributed by atoms with E-state index in [9.17, 15) is 0 Å². The molecule has 0 N–H and O–H groups in total. The highest BCUT2D eigenvalue weighted by atomic mass is 35.5. The molecule has 0 aliphatic carbocycles. The molecule has 3 nitrogen and oxygen atoms in total. The van der Waals surface area contributed by atoms with Crippen molar-refractivity contribution in [3.8, 4) is 0 Å². The quantitative estimate of drug-likeness (QED) is 0.622. The highest BCUT2D eigenvalue weighted by Gasteiger charge is 2.07. The highest BCUT2D eigenvalue weighted by Crippen LogP contribution is 2.24. The molecule has 0 amide bonds. The van der Waals surface area contributed by atoms with Gasteiger partial charge >= 0.3 is 0 Å². The molecular weight excluding hydrogens is 174 g/mol. The smallest absolute Gasteiger partial charge is 0.144 e. The lowest BCUT2D eigenvalue weighted by atomic mass is 10.3. The van der Waals surface area contributed by atoms with E-state index >= 15 is 0 Å². The summed E-state index contributed by atoms with van der Waals surface area (Å²) in [5.41, 5.74) is 1.80. The molecule has 0 atom stereocenters. The third-order valence-corrected chi connectivity index (χ3v) is 2.18. The lowest BCUT2D eigenvalue weighted by Crippen LogP contribution is -1.90. The van der Waals surface area contributed by atoms with Crippen LogP contribution in [0, 0.1) is 6.92 Å². The lowest BCUT2D eigenvalue weighted by Gasteiger charge is -1.95. The number of aryl methyl sites for hydroxylation is 2. The van der Waals surface area contributed by atoms with E-state index in [-0.39, 0.29) is 0 Å². The van der Waals surface area contributed by atoms with E-state index in [1.807, 2.05) is 24.7 Å². The van der Waals surface area contributed by atoms with Crippen LogP contribution in [-0.4, -0.2) is 14.5 Å². The normalized spacial score (nSPS) is 10.9. The molecule has 12 heavy (non-hydrogen) atoms. The third-order valence-electron chi connectivity index (χ3n) is 1.90. The van der Waals surface area contributed by atoms with E-state index in [2.05, 4.69) is 9.97 Å². The van der Waals surface area contributed by atoms with Gasteiger partial charge < -0.3 is 4.57 Å². The van der Waals surface area contributed by atoms with E-state index in [0.29, 0.717) is 5.02 Å². The maximum absolute atomic E-state index is 5.98. The number of halogens is 1. The van der Waals surface area contributed by atoms with Gasteiger partial charge in [0.15, 0.2) is 0 Å². The van der Waals surface area contributed by atoms with Crippen molar-refractivity contribution >= 4 is 22.6 Å². The molecule has 0 saturated carbocycles. The fraction of sp³-hybridized carbons (Fsp3) is 0.250. The van der Waals surface area contributed by atoms with Gasteiger partial charge in [0.2, 0.25) is 0 Å². The van der Waals surface area contributed by atoms with Crippen molar-refractivity contribution in [3.05, 3.63) is 23.2 Å². The Kier molecular flexibility index (Phi) is 1.54. The van der Waals surface area contributed by atoms with Gasteiger partial charge in [0.1, 0.15) is 12.0 Å². The molecule has 0 aromatic carbocycles. The van der Waals surface area contributed by atoms with Crippen molar-refractivity contribution in [3.63, 3.8) is 0 Å². The maximum Gasteiger partial charge on any atom is 0.144 e. The Morgan fingerprint density at radius 2 is 2.17 bits per heavy atom. The number of aromatic nitrogens is 3. The molecule has 0 spiro atoms. The first-order chi connectivity index (χ1) is 5.70. The van der Waals surface area contributed by atoms with Crippen LogP contribution < -0.4 is 0 Å². The minimum absolute atomic E-state index is 0.714. The molecule has 4 heteroatoms. The van der Waals surface area contributed by atoms with Crippen LogP contribution in [-0.2, 0) is 7.05 Å². The van der Waals surface area contributed by atoms with Gasteiger partial charge in [-0.05, 0) is 6.92 Å². The van der Waals surface area contributed by atoms with Crippen LogP contribution in [0.5, 0.6) is 0 Å². The standard InChI is InChI=1S/C8H8ClN3/c1-5-7-6(9)3-12(2)8(7)11-4-10-5/h3-4H,1-2H3. The van der Waals surface area contributed by atoms with E-state index in [4.69, 9.17) is 11.6 Å². The van der Waals surface area contributed by atoms with Crippen LogP contribution in [0.4, 0.5) is 0 Å². The lowest BCUT2D eigenvalue weighted by molar-refractivity contribution is 0.941.